The zero-order valence-corrected chi connectivity index (χ0v) is 9.53. The van der Waals surface area contributed by atoms with Gasteiger partial charge in [-0.2, -0.15) is 0 Å². The van der Waals surface area contributed by atoms with Crippen LogP contribution in [0.5, 0.6) is 0 Å². The first-order chi connectivity index (χ1) is 8.14. The van der Waals surface area contributed by atoms with Gasteiger partial charge in [0.25, 0.3) is 0 Å². The number of hydrogen-bond acceptors (Lipinski definition) is 1. The van der Waals surface area contributed by atoms with E-state index in [2.05, 4.69) is 4.98 Å². The van der Waals surface area contributed by atoms with Gasteiger partial charge in [0, 0.05) is 0 Å². The molecule has 17 heavy (non-hydrogen) atoms. The second-order valence-corrected chi connectivity index (χ2v) is 4.02. The average Bonchev–Trinajstić information content (AvgIpc) is 2.40. The van der Waals surface area contributed by atoms with Crippen molar-refractivity contribution < 1.29 is 8.78 Å². The first-order valence-corrected chi connectivity index (χ1v) is 5.41. The maximum Gasteiger partial charge on any atom is 0.174 e. The van der Waals surface area contributed by atoms with Gasteiger partial charge in [0.05, 0.1) is 11.4 Å². The van der Waals surface area contributed by atoms with Crippen molar-refractivity contribution in [2.45, 2.75) is 19.3 Å². The third kappa shape index (κ3) is 2.33. The van der Waals surface area contributed by atoms with E-state index in [0.29, 0.717) is 5.56 Å². The number of aromatic nitrogens is 1. The Morgan fingerprint density at radius 1 is 1.06 bits per heavy atom. The molecule has 1 nitrogen and oxygen atoms in total. The molecule has 3 heteroatoms. The van der Waals surface area contributed by atoms with Crippen LogP contribution in [-0.2, 0) is 12.3 Å². The summed E-state index contributed by atoms with van der Waals surface area (Å²) >= 11 is 0. The predicted molar refractivity (Wildman–Crippen MR) is 63.1 cm³/mol. The van der Waals surface area contributed by atoms with Gasteiger partial charge in [-0.15, -0.1) is 0 Å². The zero-order chi connectivity index (χ0) is 12.3. The highest BCUT2D eigenvalue weighted by atomic mass is 19.1. The van der Waals surface area contributed by atoms with E-state index < -0.39 is 12.3 Å². The molecule has 0 amide bonds. The number of benzene rings is 1. The minimum atomic E-state index is -1.70. The average molecular weight is 233 g/mol. The van der Waals surface area contributed by atoms with E-state index in [-0.39, 0.29) is 11.4 Å². The van der Waals surface area contributed by atoms with E-state index in [0.717, 1.165) is 0 Å². The molecular formula is C14H13F2N. The van der Waals surface area contributed by atoms with Crippen molar-refractivity contribution in [3.8, 4) is 0 Å². The van der Waals surface area contributed by atoms with Crippen molar-refractivity contribution in [3.05, 3.63) is 65.5 Å². The molecule has 0 N–H and O–H groups in total. The van der Waals surface area contributed by atoms with Gasteiger partial charge >= 0.3 is 0 Å². The van der Waals surface area contributed by atoms with Crippen LogP contribution in [0, 0.1) is 0 Å². The van der Waals surface area contributed by atoms with Crippen LogP contribution in [-0.4, -0.2) is 4.98 Å². The van der Waals surface area contributed by atoms with Crippen molar-refractivity contribution in [2.24, 2.45) is 0 Å². The lowest BCUT2D eigenvalue weighted by Gasteiger charge is -2.20. The Hall–Kier alpha value is -1.77. The molecule has 2 aromatic rings. The third-order valence-corrected chi connectivity index (χ3v) is 2.74. The Balaban J connectivity index is 2.44. The highest BCUT2D eigenvalue weighted by molar-refractivity contribution is 5.31. The summed E-state index contributed by atoms with van der Waals surface area (Å²) in [6.45, 7) is 0.755. The lowest BCUT2D eigenvalue weighted by molar-refractivity contribution is 0.243. The molecule has 1 aromatic heterocycles. The predicted octanol–water partition coefficient (Wildman–Crippen LogP) is 3.78. The summed E-state index contributed by atoms with van der Waals surface area (Å²) in [4.78, 5) is 3.99. The summed E-state index contributed by atoms with van der Waals surface area (Å²) in [6.07, 6.45) is 0. The van der Waals surface area contributed by atoms with Crippen LogP contribution in [0.15, 0.2) is 48.5 Å². The fourth-order valence-corrected chi connectivity index (χ4v) is 1.71. The van der Waals surface area contributed by atoms with E-state index >= 15 is 0 Å². The second-order valence-electron chi connectivity index (χ2n) is 4.02. The Kier molecular flexibility index (Phi) is 3.18. The van der Waals surface area contributed by atoms with Crippen molar-refractivity contribution in [1.82, 2.24) is 4.98 Å². The van der Waals surface area contributed by atoms with Crippen LogP contribution < -0.4 is 0 Å². The van der Waals surface area contributed by atoms with Gasteiger partial charge in [0.2, 0.25) is 0 Å². The molecule has 0 saturated heterocycles. The van der Waals surface area contributed by atoms with Gasteiger partial charge in [0.15, 0.2) is 5.67 Å². The van der Waals surface area contributed by atoms with E-state index in [1.54, 1.807) is 42.5 Å². The summed E-state index contributed by atoms with van der Waals surface area (Å²) in [5.74, 6) is 0. The first kappa shape index (κ1) is 11.7. The van der Waals surface area contributed by atoms with Gasteiger partial charge in [0.1, 0.15) is 6.67 Å². The molecule has 0 bridgehead atoms. The van der Waals surface area contributed by atoms with Crippen LogP contribution in [0.2, 0.25) is 0 Å². The van der Waals surface area contributed by atoms with Crippen molar-refractivity contribution in [2.75, 3.05) is 0 Å². The molecule has 0 aliphatic carbocycles. The molecule has 0 aliphatic heterocycles. The number of alkyl halides is 2. The summed E-state index contributed by atoms with van der Waals surface area (Å²) in [5, 5.41) is 0. The van der Waals surface area contributed by atoms with E-state index in [1.165, 1.54) is 6.92 Å². The third-order valence-electron chi connectivity index (χ3n) is 2.74. The molecule has 88 valence electrons. The van der Waals surface area contributed by atoms with Crippen LogP contribution in [0.3, 0.4) is 0 Å². The van der Waals surface area contributed by atoms with E-state index in [9.17, 15) is 8.78 Å². The molecular weight excluding hydrogens is 220 g/mol. The fourth-order valence-electron chi connectivity index (χ4n) is 1.71. The van der Waals surface area contributed by atoms with E-state index in [4.69, 9.17) is 0 Å². The standard InChI is InChI=1S/C14H13F2N/c1-14(16,11-6-3-2-4-7-11)13-9-5-8-12(10-15)17-13/h2-9H,10H2,1H3. The Labute approximate surface area is 99.1 Å². The Bertz CT molecular complexity index is 495. The Morgan fingerprint density at radius 3 is 2.41 bits per heavy atom. The lowest BCUT2D eigenvalue weighted by atomic mass is 9.94. The van der Waals surface area contributed by atoms with Crippen LogP contribution in [0.4, 0.5) is 8.78 Å². The monoisotopic (exact) mass is 233 g/mol. The summed E-state index contributed by atoms with van der Waals surface area (Å²) in [5.41, 5.74) is -0.698. The smallest absolute Gasteiger partial charge is 0.174 e. The number of nitrogens with zero attached hydrogens (tertiary/aromatic N) is 1. The maximum atomic E-state index is 14.7. The molecule has 1 unspecified atom stereocenters. The minimum Gasteiger partial charge on any atom is -0.251 e. The maximum absolute atomic E-state index is 14.7. The molecule has 1 aromatic carbocycles. The van der Waals surface area contributed by atoms with Gasteiger partial charge in [-0.1, -0.05) is 36.4 Å². The topological polar surface area (TPSA) is 12.9 Å². The summed E-state index contributed by atoms with van der Waals surface area (Å²) in [7, 11) is 0. The van der Waals surface area contributed by atoms with Gasteiger partial charge in [-0.05, 0) is 24.6 Å². The summed E-state index contributed by atoms with van der Waals surface area (Å²) in [6, 6.07) is 13.5. The molecule has 2 rings (SSSR count). The highest BCUT2D eigenvalue weighted by Gasteiger charge is 2.29. The van der Waals surface area contributed by atoms with Gasteiger partial charge < -0.3 is 0 Å². The summed E-state index contributed by atoms with van der Waals surface area (Å²) < 4.78 is 27.2. The van der Waals surface area contributed by atoms with E-state index in [1.807, 2.05) is 6.07 Å². The number of rotatable bonds is 3. The number of pyridine rings is 1. The number of halogens is 2. The quantitative estimate of drug-likeness (QED) is 0.786. The Morgan fingerprint density at radius 2 is 1.76 bits per heavy atom. The molecule has 0 aliphatic rings. The molecule has 0 saturated carbocycles. The van der Waals surface area contributed by atoms with Crippen molar-refractivity contribution in [1.29, 1.82) is 0 Å². The van der Waals surface area contributed by atoms with Crippen LogP contribution in [0.1, 0.15) is 23.9 Å². The normalized spacial score (nSPS) is 14.3. The number of hydrogen-bond donors (Lipinski definition) is 0. The van der Waals surface area contributed by atoms with Gasteiger partial charge in [-0.3, -0.25) is 4.98 Å². The zero-order valence-electron chi connectivity index (χ0n) is 9.53. The minimum absolute atomic E-state index is 0.235. The van der Waals surface area contributed by atoms with Gasteiger partial charge in [-0.25, -0.2) is 8.78 Å². The fraction of sp³-hybridized carbons (Fsp3) is 0.214. The molecule has 0 fully saturated rings. The van der Waals surface area contributed by atoms with Crippen LogP contribution in [0.25, 0.3) is 0 Å². The van der Waals surface area contributed by atoms with Crippen LogP contribution >= 0.6 is 0 Å². The largest absolute Gasteiger partial charge is 0.251 e. The molecule has 0 radical (unpaired) electrons. The van der Waals surface area contributed by atoms with Crippen molar-refractivity contribution in [3.63, 3.8) is 0 Å². The first-order valence-electron chi connectivity index (χ1n) is 5.41. The second kappa shape index (κ2) is 4.62. The lowest BCUT2D eigenvalue weighted by Crippen LogP contribution is -2.19. The molecule has 1 atom stereocenters. The molecule has 0 spiro atoms. The SMILES string of the molecule is CC(F)(c1ccccc1)c1cccc(CF)n1. The highest BCUT2D eigenvalue weighted by Crippen LogP contribution is 2.31. The molecule has 1 heterocycles. The van der Waals surface area contributed by atoms with Crippen molar-refractivity contribution >= 4 is 0 Å².